The molecule has 0 bridgehead atoms. The maximum absolute atomic E-state index is 3.67. The van der Waals surface area contributed by atoms with Crippen LogP contribution in [0.3, 0.4) is 0 Å². The molecule has 0 heterocycles. The van der Waals surface area contributed by atoms with Gasteiger partial charge in [-0.25, -0.2) is 0 Å². The molecule has 0 aromatic heterocycles. The Hall–Kier alpha value is -0.820. The molecule has 2 aliphatic rings. The first-order valence-corrected chi connectivity index (χ1v) is 7.59. The lowest BCUT2D eigenvalue weighted by molar-refractivity contribution is 0.239. The molecule has 0 radical (unpaired) electrons. The second-order valence-electron chi connectivity index (χ2n) is 6.19. The van der Waals surface area contributed by atoms with Gasteiger partial charge < -0.3 is 5.32 Å². The van der Waals surface area contributed by atoms with E-state index in [1.807, 2.05) is 0 Å². The third-order valence-electron chi connectivity index (χ3n) is 5.16. The summed E-state index contributed by atoms with van der Waals surface area (Å²) < 4.78 is 0. The second kappa shape index (κ2) is 5.05. The fourth-order valence-corrected chi connectivity index (χ4v) is 4.11. The molecule has 1 heteroatoms. The molecule has 0 aliphatic heterocycles. The van der Waals surface area contributed by atoms with Crippen molar-refractivity contribution in [3.63, 3.8) is 0 Å². The van der Waals surface area contributed by atoms with Crippen LogP contribution in [0.15, 0.2) is 30.3 Å². The van der Waals surface area contributed by atoms with Crippen molar-refractivity contribution in [2.75, 3.05) is 7.05 Å². The number of benzene rings is 1. The van der Waals surface area contributed by atoms with Gasteiger partial charge in [-0.05, 0) is 44.2 Å². The van der Waals surface area contributed by atoms with Gasteiger partial charge in [0, 0.05) is 11.5 Å². The molecule has 1 unspecified atom stereocenters. The maximum Gasteiger partial charge on any atom is 0.0189 e. The molecular formula is C17H25N. The Balaban J connectivity index is 1.82. The Bertz CT molecular complexity index is 374. The summed E-state index contributed by atoms with van der Waals surface area (Å²) >= 11 is 0. The van der Waals surface area contributed by atoms with Gasteiger partial charge in [-0.3, -0.25) is 0 Å². The summed E-state index contributed by atoms with van der Waals surface area (Å²) in [6, 6.07) is 11.9. The fraction of sp³-hybridized carbons (Fsp3) is 0.647. The van der Waals surface area contributed by atoms with Crippen LogP contribution in [0, 0.1) is 5.92 Å². The number of likely N-dealkylation sites (N-methyl/N-ethyl adjacent to an activating group) is 1. The predicted octanol–water partition coefficient (Wildman–Crippen LogP) is 3.89. The molecule has 0 saturated heterocycles. The van der Waals surface area contributed by atoms with E-state index in [0.717, 1.165) is 5.92 Å². The Labute approximate surface area is 111 Å². The average molecular weight is 243 g/mol. The van der Waals surface area contributed by atoms with Gasteiger partial charge in [0.05, 0.1) is 0 Å². The summed E-state index contributed by atoms with van der Waals surface area (Å²) in [6.07, 6.45) is 9.94. The fourth-order valence-electron chi connectivity index (χ4n) is 4.11. The molecule has 1 nitrogen and oxygen atoms in total. The molecule has 3 rings (SSSR count). The van der Waals surface area contributed by atoms with E-state index in [2.05, 4.69) is 42.7 Å². The first kappa shape index (κ1) is 12.2. The number of hydrogen-bond acceptors (Lipinski definition) is 1. The summed E-state index contributed by atoms with van der Waals surface area (Å²) in [6.45, 7) is 0. The van der Waals surface area contributed by atoms with Gasteiger partial charge in [0.15, 0.2) is 0 Å². The maximum atomic E-state index is 3.67. The van der Waals surface area contributed by atoms with E-state index in [0.29, 0.717) is 11.5 Å². The van der Waals surface area contributed by atoms with Gasteiger partial charge in [0.25, 0.3) is 0 Å². The number of nitrogens with one attached hydrogen (secondary N) is 1. The van der Waals surface area contributed by atoms with Crippen molar-refractivity contribution in [2.45, 2.75) is 56.4 Å². The number of rotatable bonds is 4. The van der Waals surface area contributed by atoms with Crippen molar-refractivity contribution in [1.29, 1.82) is 0 Å². The molecule has 1 N–H and O–H groups in total. The van der Waals surface area contributed by atoms with Crippen LogP contribution in [-0.2, 0) is 5.41 Å². The molecule has 2 fully saturated rings. The van der Waals surface area contributed by atoms with Crippen molar-refractivity contribution in [3.8, 4) is 0 Å². The van der Waals surface area contributed by atoms with Gasteiger partial charge >= 0.3 is 0 Å². The van der Waals surface area contributed by atoms with Gasteiger partial charge in [-0.1, -0.05) is 49.6 Å². The van der Waals surface area contributed by atoms with Crippen LogP contribution in [0.1, 0.15) is 50.5 Å². The van der Waals surface area contributed by atoms with E-state index >= 15 is 0 Å². The predicted molar refractivity (Wildman–Crippen MR) is 76.8 cm³/mol. The number of hydrogen-bond donors (Lipinski definition) is 1. The quantitative estimate of drug-likeness (QED) is 0.846. The zero-order valence-corrected chi connectivity index (χ0v) is 11.5. The first-order valence-electron chi connectivity index (χ1n) is 7.59. The Morgan fingerprint density at radius 2 is 1.72 bits per heavy atom. The molecule has 0 spiro atoms. The normalized spacial score (nSPS) is 24.7. The van der Waals surface area contributed by atoms with Crippen molar-refractivity contribution < 1.29 is 0 Å². The highest BCUT2D eigenvalue weighted by atomic mass is 14.9. The van der Waals surface area contributed by atoms with Crippen molar-refractivity contribution >= 4 is 0 Å². The molecule has 18 heavy (non-hydrogen) atoms. The Kier molecular flexibility index (Phi) is 3.43. The average Bonchev–Trinajstić information content (AvgIpc) is 3.24. The summed E-state index contributed by atoms with van der Waals surface area (Å²) in [7, 11) is 2.17. The van der Waals surface area contributed by atoms with Crippen molar-refractivity contribution in [3.05, 3.63) is 35.9 Å². The van der Waals surface area contributed by atoms with E-state index < -0.39 is 0 Å². The minimum atomic E-state index is 0.456. The zero-order valence-electron chi connectivity index (χ0n) is 11.5. The largest absolute Gasteiger partial charge is 0.316 e. The first-order chi connectivity index (χ1) is 8.87. The third kappa shape index (κ3) is 2.09. The molecule has 1 aromatic carbocycles. The van der Waals surface area contributed by atoms with Gasteiger partial charge in [-0.15, -0.1) is 0 Å². The summed E-state index contributed by atoms with van der Waals surface area (Å²) in [4.78, 5) is 0. The molecule has 2 aliphatic carbocycles. The SMILES string of the molecule is CNC(C1CCCCC1)C1(c2ccccc2)CC1. The Morgan fingerprint density at radius 3 is 2.28 bits per heavy atom. The second-order valence-corrected chi connectivity index (χ2v) is 6.19. The summed E-state index contributed by atoms with van der Waals surface area (Å²) in [5.41, 5.74) is 2.02. The van der Waals surface area contributed by atoms with Gasteiger partial charge in [-0.2, -0.15) is 0 Å². The van der Waals surface area contributed by atoms with Crippen LogP contribution in [0.5, 0.6) is 0 Å². The van der Waals surface area contributed by atoms with Crippen LogP contribution in [0.4, 0.5) is 0 Å². The summed E-state index contributed by atoms with van der Waals surface area (Å²) in [5.74, 6) is 0.895. The van der Waals surface area contributed by atoms with E-state index in [4.69, 9.17) is 0 Å². The highest BCUT2D eigenvalue weighted by Crippen LogP contribution is 2.54. The lowest BCUT2D eigenvalue weighted by Gasteiger charge is -2.36. The smallest absolute Gasteiger partial charge is 0.0189 e. The lowest BCUT2D eigenvalue weighted by Crippen LogP contribution is -2.44. The molecular weight excluding hydrogens is 218 g/mol. The topological polar surface area (TPSA) is 12.0 Å². The molecule has 1 atom stereocenters. The molecule has 1 aromatic rings. The van der Waals surface area contributed by atoms with E-state index in [1.165, 1.54) is 44.9 Å². The lowest BCUT2D eigenvalue weighted by atomic mass is 9.74. The van der Waals surface area contributed by atoms with Crippen LogP contribution in [-0.4, -0.2) is 13.1 Å². The minimum Gasteiger partial charge on any atom is -0.316 e. The minimum absolute atomic E-state index is 0.456. The van der Waals surface area contributed by atoms with Gasteiger partial charge in [0.2, 0.25) is 0 Å². The summed E-state index contributed by atoms with van der Waals surface area (Å²) in [5, 5.41) is 3.67. The highest BCUT2D eigenvalue weighted by molar-refractivity contribution is 5.34. The molecule has 0 amide bonds. The Morgan fingerprint density at radius 1 is 1.06 bits per heavy atom. The van der Waals surface area contributed by atoms with Crippen LogP contribution >= 0.6 is 0 Å². The van der Waals surface area contributed by atoms with Crippen LogP contribution in [0.2, 0.25) is 0 Å². The standard InChI is InChI=1S/C17H25N/c1-18-16(14-8-4-2-5-9-14)17(12-13-17)15-10-6-3-7-11-15/h3,6-7,10-11,14,16,18H,2,4-5,8-9,12-13H2,1H3. The van der Waals surface area contributed by atoms with Gasteiger partial charge in [0.1, 0.15) is 0 Å². The zero-order chi connectivity index (χ0) is 12.4. The van der Waals surface area contributed by atoms with Crippen molar-refractivity contribution in [1.82, 2.24) is 5.32 Å². The van der Waals surface area contributed by atoms with Crippen molar-refractivity contribution in [2.24, 2.45) is 5.92 Å². The van der Waals surface area contributed by atoms with E-state index in [-0.39, 0.29) is 0 Å². The van der Waals surface area contributed by atoms with E-state index in [9.17, 15) is 0 Å². The molecule has 2 saturated carbocycles. The van der Waals surface area contributed by atoms with Crippen LogP contribution < -0.4 is 5.32 Å². The highest BCUT2D eigenvalue weighted by Gasteiger charge is 2.52. The monoisotopic (exact) mass is 243 g/mol. The van der Waals surface area contributed by atoms with Crippen LogP contribution in [0.25, 0.3) is 0 Å². The molecule has 98 valence electrons. The van der Waals surface area contributed by atoms with E-state index in [1.54, 1.807) is 5.56 Å². The third-order valence-corrected chi connectivity index (χ3v) is 5.16.